The highest BCUT2D eigenvalue weighted by Gasteiger charge is 2.33. The van der Waals surface area contributed by atoms with Crippen molar-refractivity contribution in [2.75, 3.05) is 7.11 Å². The fraction of sp³-hybridized carbons (Fsp3) is 0.353. The molecule has 1 aliphatic carbocycles. The van der Waals surface area contributed by atoms with Gasteiger partial charge in [-0.3, -0.25) is 4.79 Å². The summed E-state index contributed by atoms with van der Waals surface area (Å²) >= 11 is 0. The van der Waals surface area contributed by atoms with Crippen molar-refractivity contribution in [1.29, 1.82) is 0 Å². The maximum Gasteiger partial charge on any atom is 0.166 e. The lowest BCUT2D eigenvalue weighted by atomic mass is 9.91. The third kappa shape index (κ3) is 2.12. The first-order valence-electron chi connectivity index (χ1n) is 6.82. The molecule has 1 aliphatic rings. The molecule has 0 heterocycles. The van der Waals surface area contributed by atoms with Gasteiger partial charge in [-0.25, -0.2) is 0 Å². The normalized spacial score (nSPS) is 16.3. The lowest BCUT2D eigenvalue weighted by molar-refractivity contribution is 0.0918. The number of carbonyl (C=O) groups excluding carboxylic acids is 1. The summed E-state index contributed by atoms with van der Waals surface area (Å²) in [5.41, 5.74) is 0.829. The number of hydrogen-bond donors (Lipinski definition) is 0. The number of Topliss-reactive ketones (excluding diaryl/α,β-unsaturated/α-hetero) is 1. The molecule has 0 aromatic heterocycles. The van der Waals surface area contributed by atoms with Crippen LogP contribution in [-0.4, -0.2) is 12.9 Å². The van der Waals surface area contributed by atoms with E-state index in [0.29, 0.717) is 5.92 Å². The van der Waals surface area contributed by atoms with Gasteiger partial charge in [-0.15, -0.1) is 0 Å². The summed E-state index contributed by atoms with van der Waals surface area (Å²) in [7, 11) is 1.66. The fourth-order valence-electron chi connectivity index (χ4n) is 2.72. The number of ether oxygens (including phenoxy) is 1. The summed E-state index contributed by atoms with van der Waals surface area (Å²) in [5.74, 6) is 1.82. The Morgan fingerprint density at radius 1 is 1.16 bits per heavy atom. The van der Waals surface area contributed by atoms with Crippen LogP contribution in [0.2, 0.25) is 0 Å². The molecule has 0 radical (unpaired) electrons. The van der Waals surface area contributed by atoms with E-state index >= 15 is 0 Å². The minimum atomic E-state index is 0.136. The lowest BCUT2D eigenvalue weighted by Gasteiger charge is -2.13. The molecule has 1 atom stereocenters. The number of methoxy groups -OCH3 is 1. The Labute approximate surface area is 113 Å². The highest BCUT2D eigenvalue weighted by atomic mass is 16.5. The van der Waals surface area contributed by atoms with Gasteiger partial charge in [0.2, 0.25) is 0 Å². The summed E-state index contributed by atoms with van der Waals surface area (Å²) in [6.07, 6.45) is 2.39. The van der Waals surface area contributed by atoms with E-state index in [1.807, 2.05) is 36.4 Å². The van der Waals surface area contributed by atoms with Crippen LogP contribution in [0.5, 0.6) is 5.75 Å². The van der Waals surface area contributed by atoms with Crippen LogP contribution >= 0.6 is 0 Å². The maximum atomic E-state index is 12.6. The predicted octanol–water partition coefficient (Wildman–Crippen LogP) is 4.08. The fourth-order valence-corrected chi connectivity index (χ4v) is 2.72. The zero-order chi connectivity index (χ0) is 13.4. The number of carbonyl (C=O) groups is 1. The Hall–Kier alpha value is -1.83. The van der Waals surface area contributed by atoms with Gasteiger partial charge in [0.15, 0.2) is 5.78 Å². The van der Waals surface area contributed by atoms with Crippen molar-refractivity contribution >= 4 is 16.6 Å². The first kappa shape index (κ1) is 12.2. The summed E-state index contributed by atoms with van der Waals surface area (Å²) < 4.78 is 5.37. The van der Waals surface area contributed by atoms with Crippen molar-refractivity contribution in [1.82, 2.24) is 0 Å². The number of ketones is 1. The molecule has 0 saturated heterocycles. The number of hydrogen-bond acceptors (Lipinski definition) is 2. The van der Waals surface area contributed by atoms with Crippen molar-refractivity contribution in [2.24, 2.45) is 11.8 Å². The molecule has 0 N–H and O–H groups in total. The lowest BCUT2D eigenvalue weighted by Crippen LogP contribution is -2.13. The first-order valence-corrected chi connectivity index (χ1v) is 6.82. The van der Waals surface area contributed by atoms with Crippen molar-refractivity contribution in [2.45, 2.75) is 19.8 Å². The quantitative estimate of drug-likeness (QED) is 0.768. The Morgan fingerprint density at radius 2 is 1.84 bits per heavy atom. The molecule has 0 aliphatic heterocycles. The molecule has 0 bridgehead atoms. The summed E-state index contributed by atoms with van der Waals surface area (Å²) in [4.78, 5) is 12.6. The van der Waals surface area contributed by atoms with E-state index in [0.717, 1.165) is 22.1 Å². The van der Waals surface area contributed by atoms with Gasteiger partial charge in [0.1, 0.15) is 5.75 Å². The maximum absolute atomic E-state index is 12.6. The Bertz CT molecular complexity index is 626. The molecule has 0 spiro atoms. The molecule has 1 fully saturated rings. The largest absolute Gasteiger partial charge is 0.496 e. The van der Waals surface area contributed by atoms with Crippen LogP contribution in [0, 0.1) is 11.8 Å². The van der Waals surface area contributed by atoms with Crippen LogP contribution in [0.15, 0.2) is 36.4 Å². The van der Waals surface area contributed by atoms with Gasteiger partial charge < -0.3 is 4.74 Å². The van der Waals surface area contributed by atoms with Crippen molar-refractivity contribution in [3.8, 4) is 5.75 Å². The summed E-state index contributed by atoms with van der Waals surface area (Å²) in [6, 6.07) is 11.8. The molecular weight excluding hydrogens is 236 g/mol. The summed E-state index contributed by atoms with van der Waals surface area (Å²) in [5, 5.41) is 2.01. The number of fused-ring (bicyclic) bond motifs is 1. The highest BCUT2D eigenvalue weighted by molar-refractivity contribution is 6.10. The molecular formula is C17H18O2. The van der Waals surface area contributed by atoms with Crippen molar-refractivity contribution < 1.29 is 9.53 Å². The molecule has 0 amide bonds. The average Bonchev–Trinajstić information content (AvgIpc) is 3.29. The van der Waals surface area contributed by atoms with Crippen LogP contribution in [0.4, 0.5) is 0 Å². The van der Waals surface area contributed by atoms with E-state index in [2.05, 4.69) is 6.92 Å². The standard InChI is InChI=1S/C17H18O2/c1-11(12-7-8-12)17(18)15-9-10-16(19-2)14-6-4-3-5-13(14)15/h3-6,9-12H,7-8H2,1-2H3. The Balaban J connectivity index is 2.11. The minimum Gasteiger partial charge on any atom is -0.496 e. The second-order valence-corrected chi connectivity index (χ2v) is 5.35. The monoisotopic (exact) mass is 254 g/mol. The molecule has 1 unspecified atom stereocenters. The molecule has 98 valence electrons. The zero-order valence-corrected chi connectivity index (χ0v) is 11.3. The minimum absolute atomic E-state index is 0.136. The van der Waals surface area contributed by atoms with Crippen LogP contribution < -0.4 is 4.74 Å². The number of benzene rings is 2. The molecule has 19 heavy (non-hydrogen) atoms. The van der Waals surface area contributed by atoms with E-state index in [-0.39, 0.29) is 11.7 Å². The van der Waals surface area contributed by atoms with E-state index < -0.39 is 0 Å². The van der Waals surface area contributed by atoms with Gasteiger partial charge in [0, 0.05) is 16.9 Å². The van der Waals surface area contributed by atoms with Gasteiger partial charge in [0.25, 0.3) is 0 Å². The Morgan fingerprint density at radius 3 is 2.47 bits per heavy atom. The highest BCUT2D eigenvalue weighted by Crippen LogP contribution is 2.39. The molecule has 2 heteroatoms. The second-order valence-electron chi connectivity index (χ2n) is 5.35. The SMILES string of the molecule is COc1ccc(C(=O)C(C)C2CC2)c2ccccc12. The third-order valence-corrected chi connectivity index (χ3v) is 4.11. The van der Waals surface area contributed by atoms with Crippen LogP contribution in [0.3, 0.4) is 0 Å². The second kappa shape index (κ2) is 4.69. The smallest absolute Gasteiger partial charge is 0.166 e. The van der Waals surface area contributed by atoms with Gasteiger partial charge in [-0.1, -0.05) is 31.2 Å². The van der Waals surface area contributed by atoms with Crippen molar-refractivity contribution in [3.05, 3.63) is 42.0 Å². The van der Waals surface area contributed by atoms with Crippen LogP contribution in [0.1, 0.15) is 30.1 Å². The van der Waals surface area contributed by atoms with Crippen LogP contribution in [0.25, 0.3) is 10.8 Å². The summed E-state index contributed by atoms with van der Waals surface area (Å²) in [6.45, 7) is 2.05. The van der Waals surface area contributed by atoms with E-state index in [1.165, 1.54) is 12.8 Å². The zero-order valence-electron chi connectivity index (χ0n) is 11.3. The molecule has 2 aromatic rings. The first-order chi connectivity index (χ1) is 9.22. The van der Waals surface area contributed by atoms with Crippen LogP contribution in [-0.2, 0) is 0 Å². The van der Waals surface area contributed by atoms with E-state index in [1.54, 1.807) is 7.11 Å². The topological polar surface area (TPSA) is 26.3 Å². The molecule has 1 saturated carbocycles. The van der Waals surface area contributed by atoms with E-state index in [9.17, 15) is 4.79 Å². The number of rotatable bonds is 4. The van der Waals surface area contributed by atoms with Gasteiger partial charge in [-0.05, 0) is 36.3 Å². The van der Waals surface area contributed by atoms with Crippen molar-refractivity contribution in [3.63, 3.8) is 0 Å². The molecule has 2 nitrogen and oxygen atoms in total. The Kier molecular flexibility index (Phi) is 3.02. The van der Waals surface area contributed by atoms with Gasteiger partial charge >= 0.3 is 0 Å². The van der Waals surface area contributed by atoms with Gasteiger partial charge in [-0.2, -0.15) is 0 Å². The average molecular weight is 254 g/mol. The molecule has 2 aromatic carbocycles. The van der Waals surface area contributed by atoms with Gasteiger partial charge in [0.05, 0.1) is 7.11 Å². The van der Waals surface area contributed by atoms with E-state index in [4.69, 9.17) is 4.74 Å². The predicted molar refractivity (Wildman–Crippen MR) is 76.7 cm³/mol. The third-order valence-electron chi connectivity index (χ3n) is 4.11. The molecule has 3 rings (SSSR count).